The maximum atomic E-state index is 5.92. The van der Waals surface area contributed by atoms with Gasteiger partial charge in [-0.15, -0.1) is 0 Å². The molecule has 19 heavy (non-hydrogen) atoms. The molecule has 1 aromatic heterocycles. The van der Waals surface area contributed by atoms with Crippen LogP contribution < -0.4 is 10.5 Å². The zero-order valence-electron chi connectivity index (χ0n) is 10.5. The third kappa shape index (κ3) is 3.68. The number of thiocarbonyl (C=S) groups is 1. The van der Waals surface area contributed by atoms with Crippen LogP contribution in [0.4, 0.5) is 0 Å². The zero-order chi connectivity index (χ0) is 13.8. The third-order valence-corrected chi connectivity index (χ3v) is 3.22. The molecule has 1 aromatic carbocycles. The number of rotatable bonds is 5. The molecule has 0 amide bonds. The van der Waals surface area contributed by atoms with E-state index in [0.29, 0.717) is 23.2 Å². The van der Waals surface area contributed by atoms with E-state index in [9.17, 15) is 0 Å². The van der Waals surface area contributed by atoms with Gasteiger partial charge in [0.05, 0.1) is 17.3 Å². The summed E-state index contributed by atoms with van der Waals surface area (Å²) in [5, 5.41) is 4.92. The largest absolute Gasteiger partial charge is 0.492 e. The first kappa shape index (κ1) is 13.8. The first-order chi connectivity index (χ1) is 9.06. The Bertz CT molecular complexity index is 561. The molecule has 0 radical (unpaired) electrons. The number of benzene rings is 1. The van der Waals surface area contributed by atoms with Gasteiger partial charge in [-0.25, -0.2) is 0 Å². The molecule has 0 bridgehead atoms. The second-order valence-electron chi connectivity index (χ2n) is 4.06. The third-order valence-electron chi connectivity index (χ3n) is 2.61. The number of hydrogen-bond acceptors (Lipinski definition) is 3. The van der Waals surface area contributed by atoms with Gasteiger partial charge in [-0.3, -0.25) is 4.68 Å². The smallest absolute Gasteiger partial charge is 0.119 e. The summed E-state index contributed by atoms with van der Waals surface area (Å²) < 4.78 is 7.37. The first-order valence-corrected chi connectivity index (χ1v) is 6.57. The van der Waals surface area contributed by atoms with E-state index in [0.717, 1.165) is 17.0 Å². The van der Waals surface area contributed by atoms with Crippen LogP contribution in [0.25, 0.3) is 0 Å². The molecule has 0 atom stereocenters. The summed E-state index contributed by atoms with van der Waals surface area (Å²) in [4.78, 5) is 0.383. The molecule has 100 valence electrons. The molecule has 0 spiro atoms. The highest BCUT2D eigenvalue weighted by Crippen LogP contribution is 2.14. The van der Waals surface area contributed by atoms with Gasteiger partial charge in [-0.2, -0.15) is 5.10 Å². The van der Waals surface area contributed by atoms with Crippen LogP contribution in [-0.2, 0) is 6.54 Å². The topological polar surface area (TPSA) is 53.1 Å². The minimum Gasteiger partial charge on any atom is -0.492 e. The summed E-state index contributed by atoms with van der Waals surface area (Å²) in [6.45, 7) is 3.03. The quantitative estimate of drug-likeness (QED) is 0.861. The molecular formula is C13H14ClN3OS. The molecule has 0 aliphatic carbocycles. The lowest BCUT2D eigenvalue weighted by Crippen LogP contribution is -2.10. The molecule has 0 aliphatic heterocycles. The fraction of sp³-hybridized carbons (Fsp3) is 0.231. The molecule has 2 N–H and O–H groups in total. The van der Waals surface area contributed by atoms with Gasteiger partial charge in [-0.1, -0.05) is 23.8 Å². The molecule has 0 fully saturated rings. The Morgan fingerprint density at radius 3 is 2.63 bits per heavy atom. The Morgan fingerprint density at radius 2 is 2.11 bits per heavy atom. The highest BCUT2D eigenvalue weighted by atomic mass is 35.5. The average Bonchev–Trinajstić information content (AvgIpc) is 2.69. The van der Waals surface area contributed by atoms with Crippen molar-refractivity contribution in [2.24, 2.45) is 5.73 Å². The van der Waals surface area contributed by atoms with E-state index in [4.69, 9.17) is 34.3 Å². The average molecular weight is 296 g/mol. The molecule has 0 saturated heterocycles. The fourth-order valence-electron chi connectivity index (χ4n) is 1.58. The number of hydrogen-bond donors (Lipinski definition) is 1. The SMILES string of the molecule is Cc1nn(CCOc2ccc(C(N)=S)cc2)cc1Cl. The number of aromatic nitrogens is 2. The van der Waals surface area contributed by atoms with Crippen LogP contribution in [0.3, 0.4) is 0 Å². The maximum absolute atomic E-state index is 5.92. The molecule has 6 heteroatoms. The van der Waals surface area contributed by atoms with Crippen LogP contribution in [0, 0.1) is 6.92 Å². The van der Waals surface area contributed by atoms with E-state index >= 15 is 0 Å². The van der Waals surface area contributed by atoms with Gasteiger partial charge in [0.2, 0.25) is 0 Å². The second-order valence-corrected chi connectivity index (χ2v) is 4.91. The number of aryl methyl sites for hydroxylation is 1. The predicted octanol–water partition coefficient (Wildman–Crippen LogP) is 2.56. The fourth-order valence-corrected chi connectivity index (χ4v) is 1.87. The molecule has 0 unspecified atom stereocenters. The highest BCUT2D eigenvalue weighted by Gasteiger charge is 2.02. The second kappa shape index (κ2) is 6.04. The Morgan fingerprint density at radius 1 is 1.42 bits per heavy atom. The van der Waals surface area contributed by atoms with Crippen LogP contribution in [0.15, 0.2) is 30.5 Å². The Balaban J connectivity index is 1.87. The van der Waals surface area contributed by atoms with Crippen molar-refractivity contribution in [1.82, 2.24) is 9.78 Å². The normalized spacial score (nSPS) is 10.4. The summed E-state index contributed by atoms with van der Waals surface area (Å²) in [5.41, 5.74) is 7.18. The molecule has 2 aromatic rings. The standard InChI is InChI=1S/C13H14ClN3OS/c1-9-12(14)8-17(16-9)6-7-18-11-4-2-10(3-5-11)13(15)19/h2-5,8H,6-7H2,1H3,(H2,15,19). The van der Waals surface area contributed by atoms with Crippen molar-refractivity contribution >= 4 is 28.8 Å². The van der Waals surface area contributed by atoms with Crippen molar-refractivity contribution < 1.29 is 4.74 Å². The zero-order valence-corrected chi connectivity index (χ0v) is 12.0. The van der Waals surface area contributed by atoms with Crippen molar-refractivity contribution in [3.8, 4) is 5.75 Å². The van der Waals surface area contributed by atoms with Crippen LogP contribution >= 0.6 is 23.8 Å². The predicted molar refractivity (Wildman–Crippen MR) is 79.8 cm³/mol. The van der Waals surface area contributed by atoms with Crippen molar-refractivity contribution in [3.63, 3.8) is 0 Å². The monoisotopic (exact) mass is 295 g/mol. The molecular weight excluding hydrogens is 282 g/mol. The van der Waals surface area contributed by atoms with Gasteiger partial charge in [-0.05, 0) is 31.2 Å². The van der Waals surface area contributed by atoms with E-state index in [1.54, 1.807) is 10.9 Å². The molecule has 1 heterocycles. The molecule has 4 nitrogen and oxygen atoms in total. The van der Waals surface area contributed by atoms with Crippen molar-refractivity contribution in [1.29, 1.82) is 0 Å². The summed E-state index contributed by atoms with van der Waals surface area (Å²) >= 11 is 10.8. The van der Waals surface area contributed by atoms with Gasteiger partial charge >= 0.3 is 0 Å². The molecule has 0 saturated carbocycles. The maximum Gasteiger partial charge on any atom is 0.119 e. The Labute approximate surface area is 122 Å². The lowest BCUT2D eigenvalue weighted by atomic mass is 10.2. The van der Waals surface area contributed by atoms with Crippen molar-refractivity contribution in [3.05, 3.63) is 46.7 Å². The van der Waals surface area contributed by atoms with Crippen LogP contribution in [-0.4, -0.2) is 21.4 Å². The summed E-state index contributed by atoms with van der Waals surface area (Å²) in [6.07, 6.45) is 1.79. The van der Waals surface area contributed by atoms with Gasteiger partial charge in [0.15, 0.2) is 0 Å². The molecule has 0 aliphatic rings. The van der Waals surface area contributed by atoms with E-state index in [-0.39, 0.29) is 0 Å². The number of nitrogens with zero attached hydrogens (tertiary/aromatic N) is 2. The van der Waals surface area contributed by atoms with E-state index in [1.807, 2.05) is 31.2 Å². The van der Waals surface area contributed by atoms with E-state index in [2.05, 4.69) is 5.10 Å². The Hall–Kier alpha value is -1.59. The van der Waals surface area contributed by atoms with Crippen LogP contribution in [0.2, 0.25) is 5.02 Å². The first-order valence-electron chi connectivity index (χ1n) is 5.78. The Kier molecular flexibility index (Phi) is 4.39. The number of nitrogens with two attached hydrogens (primary N) is 1. The van der Waals surface area contributed by atoms with E-state index < -0.39 is 0 Å². The summed E-state index contributed by atoms with van der Waals surface area (Å²) in [7, 11) is 0. The number of ether oxygens (including phenoxy) is 1. The van der Waals surface area contributed by atoms with Crippen molar-refractivity contribution in [2.75, 3.05) is 6.61 Å². The molecule has 2 rings (SSSR count). The van der Waals surface area contributed by atoms with E-state index in [1.165, 1.54) is 0 Å². The highest BCUT2D eigenvalue weighted by molar-refractivity contribution is 7.80. The minimum absolute atomic E-state index is 0.383. The van der Waals surface area contributed by atoms with Gasteiger partial charge in [0.25, 0.3) is 0 Å². The van der Waals surface area contributed by atoms with Crippen molar-refractivity contribution in [2.45, 2.75) is 13.5 Å². The minimum atomic E-state index is 0.383. The van der Waals surface area contributed by atoms with Gasteiger partial charge in [0, 0.05) is 11.8 Å². The summed E-state index contributed by atoms with van der Waals surface area (Å²) in [5.74, 6) is 0.773. The number of halogens is 1. The summed E-state index contributed by atoms with van der Waals surface area (Å²) in [6, 6.07) is 7.37. The van der Waals surface area contributed by atoms with Crippen LogP contribution in [0.1, 0.15) is 11.3 Å². The van der Waals surface area contributed by atoms with Gasteiger partial charge < -0.3 is 10.5 Å². The lowest BCUT2D eigenvalue weighted by Gasteiger charge is -2.07. The lowest BCUT2D eigenvalue weighted by molar-refractivity contribution is 0.291. The van der Waals surface area contributed by atoms with Gasteiger partial charge in [0.1, 0.15) is 17.3 Å². The van der Waals surface area contributed by atoms with Crippen LogP contribution in [0.5, 0.6) is 5.75 Å².